The average Bonchev–Trinajstić information content (AvgIpc) is 3.24. The minimum absolute atomic E-state index is 0.0319. The molecule has 1 aromatic rings. The quantitative estimate of drug-likeness (QED) is 0.369. The molecular weight excluding hydrogens is 542 g/mol. The van der Waals surface area contributed by atoms with Gasteiger partial charge in [0.1, 0.15) is 0 Å². The lowest BCUT2D eigenvalue weighted by Gasteiger charge is -2.72. The van der Waals surface area contributed by atoms with E-state index in [0.717, 1.165) is 62.5 Å². The van der Waals surface area contributed by atoms with E-state index in [1.54, 1.807) is 0 Å². The fourth-order valence-electron chi connectivity index (χ4n) is 11.8. The monoisotopic (exact) mass is 593 g/mol. The number of carbonyl (C=O) groups excluding carboxylic acids is 2. The topological polar surface area (TPSA) is 66.4 Å². The van der Waals surface area contributed by atoms with E-state index < -0.39 is 5.41 Å². The summed E-state index contributed by atoms with van der Waals surface area (Å²) >= 11 is 6.09. The summed E-state index contributed by atoms with van der Waals surface area (Å²) < 4.78 is 0. The summed E-state index contributed by atoms with van der Waals surface area (Å²) in [6, 6.07) is 7.63. The van der Waals surface area contributed by atoms with Crippen LogP contribution in [0.15, 0.2) is 35.4 Å². The first-order chi connectivity index (χ1) is 19.6. The maximum Gasteiger partial charge on any atom is 0.231 e. The molecule has 0 bridgehead atoms. The number of benzene rings is 1. The number of carbonyl (C=O) groups is 2. The van der Waals surface area contributed by atoms with Gasteiger partial charge >= 0.3 is 0 Å². The number of amides is 1. The molecule has 6 rings (SSSR count). The molecule has 0 heterocycles. The number of nitrogens with one attached hydrogen (secondary N) is 1. The second-order valence-corrected chi connectivity index (χ2v) is 16.9. The predicted molar refractivity (Wildman–Crippen MR) is 169 cm³/mol. The molecular formula is C37H52ClNO3. The van der Waals surface area contributed by atoms with Crippen molar-refractivity contribution in [2.75, 3.05) is 0 Å². The number of hydrogen-bond acceptors (Lipinski definition) is 3. The molecule has 0 radical (unpaired) electrons. The second-order valence-electron chi connectivity index (χ2n) is 16.5. The standard InChI is InChI=1S/C37H52ClNO3/c1-22(2)30-26(40)20-37(32(42)39-21-23-8-10-24(38)11-9-23)19-18-35(6)25(31(30)37)12-13-28-34(5)16-15-29(41)33(3,4)27(34)14-17-36(28,35)7/h8-11,22,25,27-29,41H,12-21H2,1-7H3,(H,39,42)/t25-,27+,28-,29+,34+,35-,36-,37-/m1/s1. The third-order valence-electron chi connectivity index (χ3n) is 14.2. The molecule has 5 heteroatoms. The molecule has 8 atom stereocenters. The van der Waals surface area contributed by atoms with Gasteiger partial charge in [-0.15, -0.1) is 0 Å². The summed E-state index contributed by atoms with van der Waals surface area (Å²) in [7, 11) is 0. The normalized spacial score (nSPS) is 42.5. The molecule has 42 heavy (non-hydrogen) atoms. The molecule has 1 amide bonds. The molecule has 2 N–H and O–H groups in total. The van der Waals surface area contributed by atoms with Crippen molar-refractivity contribution in [1.29, 1.82) is 0 Å². The molecule has 5 aliphatic carbocycles. The summed E-state index contributed by atoms with van der Waals surface area (Å²) in [4.78, 5) is 28.1. The van der Waals surface area contributed by atoms with Crippen LogP contribution in [0.25, 0.3) is 0 Å². The summed E-state index contributed by atoms with van der Waals surface area (Å²) in [5, 5.41) is 15.0. The maximum absolute atomic E-state index is 14.3. The van der Waals surface area contributed by atoms with Crippen molar-refractivity contribution in [2.24, 2.45) is 50.7 Å². The van der Waals surface area contributed by atoms with Crippen molar-refractivity contribution in [3.05, 3.63) is 46.0 Å². The van der Waals surface area contributed by atoms with Crippen LogP contribution in [0, 0.1) is 50.7 Å². The van der Waals surface area contributed by atoms with E-state index in [4.69, 9.17) is 11.6 Å². The van der Waals surface area contributed by atoms with Gasteiger partial charge in [0, 0.05) is 18.0 Å². The summed E-state index contributed by atoms with van der Waals surface area (Å²) in [6.07, 6.45) is 8.31. The lowest BCUT2D eigenvalue weighted by Crippen LogP contribution is -2.66. The van der Waals surface area contributed by atoms with Gasteiger partial charge in [0.2, 0.25) is 5.91 Å². The second kappa shape index (κ2) is 9.93. The van der Waals surface area contributed by atoms with Gasteiger partial charge in [-0.3, -0.25) is 9.59 Å². The zero-order valence-electron chi connectivity index (χ0n) is 26.9. The minimum Gasteiger partial charge on any atom is -0.393 e. The number of hydrogen-bond donors (Lipinski definition) is 2. The first-order valence-corrected chi connectivity index (χ1v) is 17.0. The van der Waals surface area contributed by atoms with E-state index in [-0.39, 0.29) is 51.3 Å². The predicted octanol–water partition coefficient (Wildman–Crippen LogP) is 8.30. The van der Waals surface area contributed by atoms with Gasteiger partial charge in [-0.05, 0) is 126 Å². The van der Waals surface area contributed by atoms with Crippen molar-refractivity contribution in [1.82, 2.24) is 5.32 Å². The van der Waals surface area contributed by atoms with Crippen molar-refractivity contribution in [3.63, 3.8) is 0 Å². The Balaban J connectivity index is 1.37. The van der Waals surface area contributed by atoms with E-state index in [2.05, 4.69) is 53.8 Å². The van der Waals surface area contributed by atoms with Crippen molar-refractivity contribution in [2.45, 2.75) is 119 Å². The van der Waals surface area contributed by atoms with Crippen LogP contribution in [-0.4, -0.2) is 22.9 Å². The molecule has 4 fully saturated rings. The average molecular weight is 594 g/mol. The fraction of sp³-hybridized carbons (Fsp3) is 0.730. The van der Waals surface area contributed by atoms with Gasteiger partial charge in [0.15, 0.2) is 5.78 Å². The molecule has 0 unspecified atom stereocenters. The zero-order chi connectivity index (χ0) is 30.5. The third-order valence-corrected chi connectivity index (χ3v) is 14.5. The molecule has 0 saturated heterocycles. The van der Waals surface area contributed by atoms with E-state index in [1.807, 2.05) is 24.3 Å². The molecule has 0 aliphatic heterocycles. The van der Waals surface area contributed by atoms with Gasteiger partial charge in [-0.2, -0.15) is 0 Å². The molecule has 5 aliphatic rings. The Hall–Kier alpha value is -1.65. The minimum atomic E-state index is -0.728. The van der Waals surface area contributed by atoms with Gasteiger partial charge in [-0.1, -0.05) is 72.2 Å². The first kappa shape index (κ1) is 30.4. The van der Waals surface area contributed by atoms with Crippen LogP contribution in [0.2, 0.25) is 5.02 Å². The Morgan fingerprint density at radius 1 is 0.929 bits per heavy atom. The van der Waals surface area contributed by atoms with Crippen molar-refractivity contribution < 1.29 is 14.7 Å². The lowest BCUT2D eigenvalue weighted by molar-refractivity contribution is -0.228. The van der Waals surface area contributed by atoms with Gasteiger partial charge < -0.3 is 10.4 Å². The smallest absolute Gasteiger partial charge is 0.231 e. The number of rotatable bonds is 4. The summed E-state index contributed by atoms with van der Waals surface area (Å²) in [6.45, 7) is 17.0. The molecule has 0 aromatic heterocycles. The van der Waals surface area contributed by atoms with E-state index in [0.29, 0.717) is 29.8 Å². The van der Waals surface area contributed by atoms with Crippen LogP contribution < -0.4 is 5.32 Å². The Morgan fingerprint density at radius 3 is 2.29 bits per heavy atom. The summed E-state index contributed by atoms with van der Waals surface area (Å²) in [5.41, 5.74) is 2.75. The Morgan fingerprint density at radius 2 is 1.62 bits per heavy atom. The van der Waals surface area contributed by atoms with Crippen LogP contribution in [0.1, 0.15) is 112 Å². The number of halogens is 1. The van der Waals surface area contributed by atoms with Crippen molar-refractivity contribution in [3.8, 4) is 0 Å². The van der Waals surface area contributed by atoms with Crippen LogP contribution >= 0.6 is 11.6 Å². The Labute approximate surface area is 258 Å². The van der Waals surface area contributed by atoms with Crippen LogP contribution in [-0.2, 0) is 16.1 Å². The van der Waals surface area contributed by atoms with Crippen molar-refractivity contribution >= 4 is 23.3 Å². The number of Topliss-reactive ketones (excluding diaryl/α,β-unsaturated/α-hetero) is 1. The highest BCUT2D eigenvalue weighted by atomic mass is 35.5. The molecule has 0 spiro atoms. The number of ketones is 1. The largest absolute Gasteiger partial charge is 0.393 e. The number of fused-ring (bicyclic) bond motifs is 7. The highest BCUT2D eigenvalue weighted by Crippen LogP contribution is 2.76. The Bertz CT molecular complexity index is 1310. The number of allylic oxidation sites excluding steroid dienone is 1. The molecule has 4 saturated carbocycles. The number of aliphatic hydroxyl groups excluding tert-OH is 1. The third kappa shape index (κ3) is 4.02. The molecule has 230 valence electrons. The fourth-order valence-corrected chi connectivity index (χ4v) is 12.0. The van der Waals surface area contributed by atoms with Crippen LogP contribution in [0.5, 0.6) is 0 Å². The zero-order valence-corrected chi connectivity index (χ0v) is 27.7. The first-order valence-electron chi connectivity index (χ1n) is 16.6. The highest BCUT2D eigenvalue weighted by Gasteiger charge is 2.70. The van der Waals surface area contributed by atoms with Gasteiger partial charge in [-0.25, -0.2) is 0 Å². The van der Waals surface area contributed by atoms with Gasteiger partial charge in [0.25, 0.3) is 0 Å². The van der Waals surface area contributed by atoms with Crippen LogP contribution in [0.3, 0.4) is 0 Å². The SMILES string of the molecule is CC(C)C1=C2[C@H]3CC[C@@H]4[C@@]5(C)CC[C@H](O)C(C)(C)[C@@H]5CC[C@@]4(C)[C@]3(C)CC[C@@]2(C(=O)NCc2ccc(Cl)cc2)CC1=O. The van der Waals surface area contributed by atoms with E-state index >= 15 is 0 Å². The number of aliphatic hydroxyl groups is 1. The lowest BCUT2D eigenvalue weighted by atomic mass is 9.33. The maximum atomic E-state index is 14.3. The summed E-state index contributed by atoms with van der Waals surface area (Å²) in [5.74, 6) is 1.69. The Kier molecular flexibility index (Phi) is 7.18. The van der Waals surface area contributed by atoms with E-state index in [1.165, 1.54) is 5.57 Å². The van der Waals surface area contributed by atoms with Gasteiger partial charge in [0.05, 0.1) is 11.5 Å². The molecule has 1 aromatic carbocycles. The highest BCUT2D eigenvalue weighted by molar-refractivity contribution is 6.30. The van der Waals surface area contributed by atoms with E-state index in [9.17, 15) is 14.7 Å². The van der Waals surface area contributed by atoms with Crippen LogP contribution in [0.4, 0.5) is 0 Å². The molecule has 4 nitrogen and oxygen atoms in total.